The predicted octanol–water partition coefficient (Wildman–Crippen LogP) is 4.11. The highest BCUT2D eigenvalue weighted by Crippen LogP contribution is 2.29. The van der Waals surface area contributed by atoms with Crippen LogP contribution in [0.2, 0.25) is 0 Å². The first kappa shape index (κ1) is 22.1. The monoisotopic (exact) mass is 472 g/mol. The van der Waals surface area contributed by atoms with Crippen molar-refractivity contribution >= 4 is 28.4 Å². The zero-order valence-corrected chi connectivity index (χ0v) is 19.0. The van der Waals surface area contributed by atoms with Gasteiger partial charge in [0.15, 0.2) is 0 Å². The molecule has 0 aliphatic rings. The highest BCUT2D eigenvalue weighted by molar-refractivity contribution is 5.94. The Bertz CT molecular complexity index is 1620. The van der Waals surface area contributed by atoms with Crippen LogP contribution in [-0.2, 0) is 11.3 Å². The number of halogens is 1. The Morgan fingerprint density at radius 1 is 0.971 bits per heavy atom. The molecule has 2 aromatic heterocycles. The molecule has 0 unspecified atom stereocenters. The van der Waals surface area contributed by atoms with E-state index in [1.807, 2.05) is 18.2 Å². The van der Waals surface area contributed by atoms with Gasteiger partial charge in [0.25, 0.3) is 5.56 Å². The van der Waals surface area contributed by atoms with Gasteiger partial charge in [0.1, 0.15) is 23.9 Å². The van der Waals surface area contributed by atoms with Gasteiger partial charge in [0, 0.05) is 17.7 Å². The van der Waals surface area contributed by atoms with Gasteiger partial charge in [-0.15, -0.1) is 0 Å². The Hall–Kier alpha value is -4.66. The summed E-state index contributed by atoms with van der Waals surface area (Å²) in [5.74, 6) is 0.613. The summed E-state index contributed by atoms with van der Waals surface area (Å²) >= 11 is 0. The third-order valence-corrected chi connectivity index (χ3v) is 5.68. The summed E-state index contributed by atoms with van der Waals surface area (Å²) in [4.78, 5) is 30.9. The van der Waals surface area contributed by atoms with Crippen molar-refractivity contribution in [2.45, 2.75) is 6.54 Å². The molecule has 3 aromatic carbocycles. The molecule has 0 fully saturated rings. The van der Waals surface area contributed by atoms with E-state index in [1.165, 1.54) is 36.8 Å². The standard InChI is InChI=1S/C26H21FN4O4/c1-34-18-11-12-23(35-2)20(13-18)28-24(32)15-30-21-5-3-4-6-22(21)31-25(33)14-19(29-26(30)31)16-7-9-17(27)10-8-16/h3-14H,15H2,1-2H3,(H,28,32). The maximum Gasteiger partial charge on any atom is 0.260 e. The van der Waals surface area contributed by atoms with Crippen molar-refractivity contribution in [1.29, 1.82) is 0 Å². The fraction of sp³-hybridized carbons (Fsp3) is 0.115. The number of carbonyl (C=O) groups excluding carboxylic acids is 1. The second kappa shape index (κ2) is 8.94. The number of fused-ring (bicyclic) bond motifs is 3. The van der Waals surface area contributed by atoms with Gasteiger partial charge in [0.05, 0.1) is 36.6 Å². The summed E-state index contributed by atoms with van der Waals surface area (Å²) < 4.78 is 27.1. The predicted molar refractivity (Wildman–Crippen MR) is 131 cm³/mol. The van der Waals surface area contributed by atoms with Crippen molar-refractivity contribution in [3.05, 3.63) is 89.0 Å². The molecule has 1 amide bonds. The lowest BCUT2D eigenvalue weighted by Gasteiger charge is -2.12. The van der Waals surface area contributed by atoms with E-state index in [-0.39, 0.29) is 23.8 Å². The number of imidazole rings is 1. The van der Waals surface area contributed by atoms with Gasteiger partial charge >= 0.3 is 0 Å². The lowest BCUT2D eigenvalue weighted by atomic mass is 10.1. The number of aromatic nitrogens is 3. The lowest BCUT2D eigenvalue weighted by Crippen LogP contribution is -2.21. The number of ether oxygens (including phenoxy) is 2. The average Bonchev–Trinajstić information content (AvgIpc) is 3.18. The third kappa shape index (κ3) is 4.08. The van der Waals surface area contributed by atoms with Crippen LogP contribution in [0, 0.1) is 5.82 Å². The summed E-state index contributed by atoms with van der Waals surface area (Å²) in [6.45, 7) is -0.114. The van der Waals surface area contributed by atoms with Crippen LogP contribution in [0.5, 0.6) is 11.5 Å². The van der Waals surface area contributed by atoms with E-state index >= 15 is 0 Å². The van der Waals surface area contributed by atoms with Crippen molar-refractivity contribution in [1.82, 2.24) is 14.0 Å². The van der Waals surface area contributed by atoms with E-state index in [9.17, 15) is 14.0 Å². The third-order valence-electron chi connectivity index (χ3n) is 5.68. The van der Waals surface area contributed by atoms with Crippen LogP contribution in [0.15, 0.2) is 77.6 Å². The Morgan fingerprint density at radius 2 is 1.71 bits per heavy atom. The number of rotatable bonds is 6. The molecule has 35 heavy (non-hydrogen) atoms. The first-order chi connectivity index (χ1) is 17.0. The smallest absolute Gasteiger partial charge is 0.260 e. The molecule has 0 spiro atoms. The molecule has 9 heteroatoms. The van der Waals surface area contributed by atoms with Crippen molar-refractivity contribution in [2.75, 3.05) is 19.5 Å². The van der Waals surface area contributed by atoms with E-state index in [1.54, 1.807) is 41.0 Å². The molecule has 0 atom stereocenters. The van der Waals surface area contributed by atoms with Crippen LogP contribution < -0.4 is 20.3 Å². The molecule has 0 bridgehead atoms. The average molecular weight is 472 g/mol. The number of nitrogens with zero attached hydrogens (tertiary/aromatic N) is 3. The molecule has 0 aliphatic heterocycles. The Balaban J connectivity index is 1.60. The Morgan fingerprint density at radius 3 is 2.43 bits per heavy atom. The molecule has 5 aromatic rings. The molecule has 0 saturated carbocycles. The largest absolute Gasteiger partial charge is 0.497 e. The second-order valence-corrected chi connectivity index (χ2v) is 7.81. The highest BCUT2D eigenvalue weighted by Gasteiger charge is 2.18. The molecule has 176 valence electrons. The van der Waals surface area contributed by atoms with Gasteiger partial charge in [-0.05, 0) is 48.5 Å². The number of amides is 1. The van der Waals surface area contributed by atoms with E-state index in [0.29, 0.717) is 45.3 Å². The topological polar surface area (TPSA) is 86.9 Å². The van der Waals surface area contributed by atoms with E-state index in [2.05, 4.69) is 10.3 Å². The van der Waals surface area contributed by atoms with E-state index in [4.69, 9.17) is 9.47 Å². The number of hydrogen-bond donors (Lipinski definition) is 1. The zero-order chi connectivity index (χ0) is 24.5. The summed E-state index contributed by atoms with van der Waals surface area (Å²) in [5, 5.41) is 2.85. The maximum absolute atomic E-state index is 13.4. The first-order valence-electron chi connectivity index (χ1n) is 10.8. The van der Waals surface area contributed by atoms with Crippen LogP contribution in [0.1, 0.15) is 0 Å². The number of benzene rings is 3. The molecule has 0 saturated heterocycles. The molecular formula is C26H21FN4O4. The van der Waals surface area contributed by atoms with Gasteiger partial charge < -0.3 is 19.4 Å². The number of nitrogens with one attached hydrogen (secondary N) is 1. The minimum Gasteiger partial charge on any atom is -0.497 e. The van der Waals surface area contributed by atoms with Gasteiger partial charge in [-0.1, -0.05) is 12.1 Å². The summed E-state index contributed by atoms with van der Waals surface area (Å²) in [6.07, 6.45) is 0. The minimum atomic E-state index is -0.384. The summed E-state index contributed by atoms with van der Waals surface area (Å²) in [7, 11) is 3.05. The molecule has 5 rings (SSSR count). The number of hydrogen-bond acceptors (Lipinski definition) is 5. The molecule has 1 N–H and O–H groups in total. The van der Waals surface area contributed by atoms with E-state index in [0.717, 1.165) is 0 Å². The molecular weight excluding hydrogens is 451 g/mol. The second-order valence-electron chi connectivity index (χ2n) is 7.81. The number of carbonyl (C=O) groups is 1. The highest BCUT2D eigenvalue weighted by atomic mass is 19.1. The quantitative estimate of drug-likeness (QED) is 0.402. The fourth-order valence-corrected chi connectivity index (χ4v) is 4.04. The van der Waals surface area contributed by atoms with Crippen LogP contribution in [0.25, 0.3) is 28.1 Å². The van der Waals surface area contributed by atoms with Crippen molar-refractivity contribution < 1.29 is 18.7 Å². The van der Waals surface area contributed by atoms with Gasteiger partial charge in [-0.2, -0.15) is 0 Å². The van der Waals surface area contributed by atoms with Crippen molar-refractivity contribution in [3.8, 4) is 22.8 Å². The summed E-state index contributed by atoms with van der Waals surface area (Å²) in [5.41, 5.74) is 2.41. The minimum absolute atomic E-state index is 0.114. The van der Waals surface area contributed by atoms with Crippen LogP contribution >= 0.6 is 0 Å². The van der Waals surface area contributed by atoms with Crippen molar-refractivity contribution in [2.24, 2.45) is 0 Å². The molecule has 0 radical (unpaired) electrons. The Kier molecular flexibility index (Phi) is 5.66. The Labute approximate surface area is 199 Å². The number of methoxy groups -OCH3 is 2. The lowest BCUT2D eigenvalue weighted by molar-refractivity contribution is -0.116. The van der Waals surface area contributed by atoms with Crippen LogP contribution in [0.3, 0.4) is 0 Å². The maximum atomic E-state index is 13.4. The fourth-order valence-electron chi connectivity index (χ4n) is 4.04. The van der Waals surface area contributed by atoms with Gasteiger partial charge in [-0.25, -0.2) is 13.8 Å². The van der Waals surface area contributed by atoms with Crippen LogP contribution in [0.4, 0.5) is 10.1 Å². The summed E-state index contributed by atoms with van der Waals surface area (Å²) in [6, 6.07) is 19.5. The SMILES string of the molecule is COc1ccc(OC)c(NC(=O)Cn2c3ccccc3n3c(=O)cc(-c4ccc(F)cc4)nc23)c1. The number of para-hydroxylation sites is 2. The van der Waals surface area contributed by atoms with Gasteiger partial charge in [0.2, 0.25) is 11.7 Å². The molecule has 0 aliphatic carbocycles. The molecule has 2 heterocycles. The van der Waals surface area contributed by atoms with E-state index < -0.39 is 0 Å². The van der Waals surface area contributed by atoms with Crippen molar-refractivity contribution in [3.63, 3.8) is 0 Å². The van der Waals surface area contributed by atoms with Crippen LogP contribution in [-0.4, -0.2) is 34.1 Å². The normalized spacial score (nSPS) is 11.1. The first-order valence-corrected chi connectivity index (χ1v) is 10.8. The number of anilines is 1. The van der Waals surface area contributed by atoms with Gasteiger partial charge in [-0.3, -0.25) is 9.59 Å². The molecule has 8 nitrogen and oxygen atoms in total. The zero-order valence-electron chi connectivity index (χ0n) is 19.0.